The molecule has 0 unspecified atom stereocenters. The van der Waals surface area contributed by atoms with Crippen molar-refractivity contribution < 1.29 is 14.3 Å². The molecule has 68 valence electrons. The van der Waals surface area contributed by atoms with Crippen LogP contribution in [0.15, 0.2) is 18.3 Å². The smallest absolute Gasteiger partial charge is 0.328 e. The number of hydrogen-bond acceptors (Lipinski definition) is 2. The molecular formula is C8H5FINO2. The van der Waals surface area contributed by atoms with Crippen molar-refractivity contribution in [3.63, 3.8) is 0 Å². The summed E-state index contributed by atoms with van der Waals surface area (Å²) in [6.07, 6.45) is 3.40. The first kappa shape index (κ1) is 10.1. The van der Waals surface area contributed by atoms with Crippen molar-refractivity contribution in [2.24, 2.45) is 0 Å². The molecule has 0 saturated carbocycles. The zero-order valence-corrected chi connectivity index (χ0v) is 8.53. The van der Waals surface area contributed by atoms with Gasteiger partial charge >= 0.3 is 5.97 Å². The van der Waals surface area contributed by atoms with Crippen molar-refractivity contribution in [1.82, 2.24) is 4.98 Å². The third-order valence-corrected chi connectivity index (χ3v) is 2.09. The molecule has 0 aliphatic heterocycles. The maximum Gasteiger partial charge on any atom is 0.328 e. The van der Waals surface area contributed by atoms with Crippen LogP contribution in [0.3, 0.4) is 0 Å². The predicted octanol–water partition coefficient (Wildman–Crippen LogP) is 1.92. The Bertz CT molecular complexity index is 365. The maximum absolute atomic E-state index is 13.1. The molecule has 1 rings (SSSR count). The van der Waals surface area contributed by atoms with E-state index in [-0.39, 0.29) is 5.69 Å². The summed E-state index contributed by atoms with van der Waals surface area (Å²) in [6.45, 7) is 0. The van der Waals surface area contributed by atoms with Crippen LogP contribution in [0.25, 0.3) is 6.08 Å². The lowest BCUT2D eigenvalue weighted by Gasteiger charge is -1.96. The van der Waals surface area contributed by atoms with Gasteiger partial charge in [-0.3, -0.25) is 4.98 Å². The van der Waals surface area contributed by atoms with Crippen molar-refractivity contribution in [3.05, 3.63) is 33.4 Å². The highest BCUT2D eigenvalue weighted by Crippen LogP contribution is 2.13. The molecule has 0 fully saturated rings. The monoisotopic (exact) mass is 293 g/mol. The van der Waals surface area contributed by atoms with Crippen LogP contribution in [0.4, 0.5) is 4.39 Å². The number of rotatable bonds is 2. The summed E-state index contributed by atoms with van der Waals surface area (Å²) in [6, 6.07) is 1.51. The fraction of sp³-hybridized carbons (Fsp3) is 0. The lowest BCUT2D eigenvalue weighted by molar-refractivity contribution is -0.131. The number of halogens is 2. The van der Waals surface area contributed by atoms with E-state index in [0.29, 0.717) is 3.57 Å². The van der Waals surface area contributed by atoms with Gasteiger partial charge in [-0.2, -0.15) is 0 Å². The maximum atomic E-state index is 13.1. The molecule has 0 atom stereocenters. The lowest BCUT2D eigenvalue weighted by atomic mass is 10.3. The van der Waals surface area contributed by atoms with Crippen LogP contribution in [0, 0.1) is 9.39 Å². The van der Waals surface area contributed by atoms with Crippen molar-refractivity contribution in [1.29, 1.82) is 0 Å². The van der Waals surface area contributed by atoms with Gasteiger partial charge in [-0.25, -0.2) is 9.18 Å². The van der Waals surface area contributed by atoms with E-state index in [1.807, 2.05) is 22.6 Å². The van der Waals surface area contributed by atoms with Gasteiger partial charge in [0, 0.05) is 12.3 Å². The van der Waals surface area contributed by atoms with Crippen LogP contribution >= 0.6 is 22.6 Å². The van der Waals surface area contributed by atoms with E-state index < -0.39 is 11.8 Å². The zero-order chi connectivity index (χ0) is 9.84. The lowest BCUT2D eigenvalue weighted by Crippen LogP contribution is -1.92. The Kier molecular flexibility index (Phi) is 3.35. The molecule has 1 aromatic heterocycles. The van der Waals surface area contributed by atoms with E-state index in [9.17, 15) is 9.18 Å². The molecule has 0 spiro atoms. The first-order valence-electron chi connectivity index (χ1n) is 3.32. The van der Waals surface area contributed by atoms with Crippen LogP contribution < -0.4 is 0 Å². The van der Waals surface area contributed by atoms with Crippen LogP contribution in [0.5, 0.6) is 0 Å². The van der Waals surface area contributed by atoms with Gasteiger partial charge in [0.2, 0.25) is 0 Å². The van der Waals surface area contributed by atoms with E-state index >= 15 is 0 Å². The highest BCUT2D eigenvalue weighted by Gasteiger charge is 2.03. The molecule has 0 aromatic carbocycles. The van der Waals surface area contributed by atoms with Crippen LogP contribution in [0.1, 0.15) is 5.69 Å². The Labute approximate surface area is 87.4 Å². The molecule has 5 heteroatoms. The van der Waals surface area contributed by atoms with Crippen LogP contribution in [-0.2, 0) is 4.79 Å². The summed E-state index contributed by atoms with van der Waals surface area (Å²) in [5.41, 5.74) is 0.0364. The Hall–Kier alpha value is -0.980. The molecule has 0 aliphatic rings. The quantitative estimate of drug-likeness (QED) is 0.669. The largest absolute Gasteiger partial charge is 0.478 e. The minimum atomic E-state index is -1.12. The normalized spacial score (nSPS) is 10.6. The zero-order valence-electron chi connectivity index (χ0n) is 6.37. The standard InChI is InChI=1S/C8H5FINO2/c9-8-5(10)3-4-11-6(8)1-2-7(12)13/h1-4H,(H,12,13)/b2-1+. The molecule has 0 amide bonds. The Balaban J connectivity index is 3.02. The van der Waals surface area contributed by atoms with E-state index in [1.165, 1.54) is 12.3 Å². The van der Waals surface area contributed by atoms with E-state index in [0.717, 1.165) is 12.2 Å². The van der Waals surface area contributed by atoms with Crippen molar-refractivity contribution in [3.8, 4) is 0 Å². The summed E-state index contributed by atoms with van der Waals surface area (Å²) in [4.78, 5) is 13.8. The molecule has 0 radical (unpaired) electrons. The van der Waals surface area contributed by atoms with Gasteiger partial charge < -0.3 is 5.11 Å². The summed E-state index contributed by atoms with van der Waals surface area (Å²) >= 11 is 1.81. The van der Waals surface area contributed by atoms with Crippen molar-refractivity contribution in [2.45, 2.75) is 0 Å². The van der Waals surface area contributed by atoms with Gasteiger partial charge in [0.05, 0.1) is 9.26 Å². The Morgan fingerprint density at radius 2 is 2.38 bits per heavy atom. The van der Waals surface area contributed by atoms with E-state index in [2.05, 4.69) is 4.98 Å². The fourth-order valence-corrected chi connectivity index (χ4v) is 1.14. The molecule has 1 N–H and O–H groups in total. The van der Waals surface area contributed by atoms with Gasteiger partial charge in [-0.05, 0) is 34.7 Å². The minimum absolute atomic E-state index is 0.0364. The number of carbonyl (C=O) groups is 1. The SMILES string of the molecule is O=C(O)/C=C/c1nccc(I)c1F. The number of hydrogen-bond donors (Lipinski definition) is 1. The highest BCUT2D eigenvalue weighted by atomic mass is 127. The number of pyridine rings is 1. The highest BCUT2D eigenvalue weighted by molar-refractivity contribution is 14.1. The molecule has 0 aliphatic carbocycles. The molecule has 1 aromatic rings. The van der Waals surface area contributed by atoms with Gasteiger partial charge in [0.15, 0.2) is 5.82 Å². The van der Waals surface area contributed by atoms with E-state index in [4.69, 9.17) is 5.11 Å². The average Bonchev–Trinajstić information content (AvgIpc) is 2.07. The van der Waals surface area contributed by atoms with Gasteiger partial charge in [0.1, 0.15) is 0 Å². The fourth-order valence-electron chi connectivity index (χ4n) is 0.702. The molecule has 13 heavy (non-hydrogen) atoms. The first-order chi connectivity index (χ1) is 6.11. The van der Waals surface area contributed by atoms with Crippen LogP contribution in [-0.4, -0.2) is 16.1 Å². The number of nitrogens with zero attached hydrogens (tertiary/aromatic N) is 1. The Morgan fingerprint density at radius 3 is 3.00 bits per heavy atom. The van der Waals surface area contributed by atoms with Gasteiger partial charge in [-0.15, -0.1) is 0 Å². The Morgan fingerprint density at radius 1 is 1.69 bits per heavy atom. The summed E-state index contributed by atoms with van der Waals surface area (Å²) in [7, 11) is 0. The first-order valence-corrected chi connectivity index (χ1v) is 4.40. The topological polar surface area (TPSA) is 50.2 Å². The second kappa shape index (κ2) is 4.31. The minimum Gasteiger partial charge on any atom is -0.478 e. The van der Waals surface area contributed by atoms with Crippen molar-refractivity contribution in [2.75, 3.05) is 0 Å². The molecule has 3 nitrogen and oxygen atoms in total. The third-order valence-electron chi connectivity index (χ3n) is 1.25. The van der Waals surface area contributed by atoms with Gasteiger partial charge in [-0.1, -0.05) is 0 Å². The van der Waals surface area contributed by atoms with Gasteiger partial charge in [0.25, 0.3) is 0 Å². The van der Waals surface area contributed by atoms with E-state index in [1.54, 1.807) is 0 Å². The third kappa shape index (κ3) is 2.76. The summed E-state index contributed by atoms with van der Waals surface area (Å²) in [5.74, 6) is -1.62. The molecule has 1 heterocycles. The molecular weight excluding hydrogens is 288 g/mol. The number of aromatic nitrogens is 1. The molecule has 0 bridgehead atoms. The number of aliphatic carboxylic acids is 1. The number of carboxylic acids is 1. The summed E-state index contributed by atoms with van der Waals surface area (Å²) in [5, 5.41) is 8.30. The second-order valence-electron chi connectivity index (χ2n) is 2.16. The average molecular weight is 293 g/mol. The predicted molar refractivity (Wildman–Crippen MR) is 53.6 cm³/mol. The van der Waals surface area contributed by atoms with Crippen molar-refractivity contribution >= 4 is 34.6 Å². The van der Waals surface area contributed by atoms with Crippen LogP contribution in [0.2, 0.25) is 0 Å². The second-order valence-corrected chi connectivity index (χ2v) is 3.33. The number of carboxylic acid groups (broad SMARTS) is 1. The molecule has 0 saturated heterocycles. The summed E-state index contributed by atoms with van der Waals surface area (Å²) < 4.78 is 13.6.